The van der Waals surface area contributed by atoms with E-state index in [1.165, 1.54) is 82.0 Å². The molecule has 0 aliphatic heterocycles. The minimum absolute atomic E-state index is 0. The fraction of sp³-hybridized carbons (Fsp3) is 0.941. The zero-order valence-corrected chi connectivity index (χ0v) is 14.7. The van der Waals surface area contributed by atoms with Gasteiger partial charge in [-0.15, -0.1) is 0 Å². The molecule has 0 aromatic heterocycles. The molecule has 0 saturated heterocycles. The molecule has 0 bridgehead atoms. The van der Waals surface area contributed by atoms with Gasteiger partial charge in [-0.3, -0.25) is 0 Å². The number of unbranched alkanes of at least 4 members (excludes halogenated alkanes) is 4. The minimum atomic E-state index is -2.33. The van der Waals surface area contributed by atoms with E-state index >= 15 is 0 Å². The molecule has 0 spiro atoms. The van der Waals surface area contributed by atoms with Crippen molar-refractivity contribution in [3.05, 3.63) is 0 Å². The van der Waals surface area contributed by atoms with Gasteiger partial charge in [0.1, 0.15) is 0 Å². The molecule has 0 aliphatic carbocycles. The van der Waals surface area contributed by atoms with Crippen LogP contribution in [0.2, 0.25) is 0 Å². The van der Waals surface area contributed by atoms with E-state index < -0.39 is 6.16 Å². The molecule has 4 nitrogen and oxygen atoms in total. The standard InChI is InChI=1S/C16H36N.CH2O3/c1-5-9-13-17(14-10-6-2,15-11-7-3)16-12-8-4;2-1(3)4/h5-16H2,1-4H3;(H2,2,3,4)/q+1;/p-1. The molecule has 0 N–H and O–H groups in total. The zero-order chi connectivity index (χ0) is 16.6. The predicted molar refractivity (Wildman–Crippen MR) is 85.9 cm³/mol. The summed E-state index contributed by atoms with van der Waals surface area (Å²) >= 11 is 0. The van der Waals surface area contributed by atoms with E-state index in [4.69, 9.17) is 15.0 Å². The third kappa shape index (κ3) is 15.4. The SMILES string of the molecule is CCCC[N+](CCCC)(CCCC)CCCC.O=C([O-])[O-].[H+]. The molecule has 0 fully saturated rings. The third-order valence-corrected chi connectivity index (χ3v) is 3.94. The summed E-state index contributed by atoms with van der Waals surface area (Å²) in [4.78, 5) is 8.33. The van der Waals surface area contributed by atoms with Gasteiger partial charge in [0.15, 0.2) is 0 Å². The lowest BCUT2D eigenvalue weighted by Gasteiger charge is -2.39. The number of hydrogen-bond acceptors (Lipinski definition) is 3. The molecule has 0 atom stereocenters. The largest absolute Gasteiger partial charge is 1.00 e. The molecule has 0 unspecified atom stereocenters. The van der Waals surface area contributed by atoms with Gasteiger partial charge in [-0.05, 0) is 31.8 Å². The van der Waals surface area contributed by atoms with Crippen LogP contribution in [0.15, 0.2) is 0 Å². The van der Waals surface area contributed by atoms with Gasteiger partial charge in [-0.25, -0.2) is 0 Å². The summed E-state index contributed by atoms with van der Waals surface area (Å²) in [7, 11) is 0. The van der Waals surface area contributed by atoms with Crippen LogP contribution in [-0.4, -0.2) is 36.8 Å². The molecule has 0 heterocycles. The molecule has 4 heteroatoms. The van der Waals surface area contributed by atoms with Crippen molar-refractivity contribution in [1.29, 1.82) is 0 Å². The van der Waals surface area contributed by atoms with Crippen LogP contribution in [-0.2, 0) is 0 Å². The Bertz CT molecular complexity index is 196. The summed E-state index contributed by atoms with van der Waals surface area (Å²) in [5.74, 6) is 0. The van der Waals surface area contributed by atoms with Crippen molar-refractivity contribution in [2.75, 3.05) is 26.2 Å². The van der Waals surface area contributed by atoms with E-state index in [1.807, 2.05) is 0 Å². The van der Waals surface area contributed by atoms with Gasteiger partial charge >= 0.3 is 1.43 Å². The Hall–Kier alpha value is -0.770. The molecule has 128 valence electrons. The van der Waals surface area contributed by atoms with Gasteiger partial charge in [-0.2, -0.15) is 0 Å². The van der Waals surface area contributed by atoms with Crippen LogP contribution in [0.25, 0.3) is 0 Å². The number of nitrogens with zero attached hydrogens (tertiary/aromatic N) is 1. The highest BCUT2D eigenvalue weighted by atomic mass is 16.6. The number of rotatable bonds is 12. The highest BCUT2D eigenvalue weighted by Gasteiger charge is 2.24. The van der Waals surface area contributed by atoms with E-state index in [9.17, 15) is 0 Å². The second-order valence-corrected chi connectivity index (χ2v) is 5.90. The Balaban J connectivity index is -0.000000640. The molecule has 0 aromatic carbocycles. The Kier molecular flexibility index (Phi) is 16.7. The quantitative estimate of drug-likeness (QED) is 0.521. The number of hydrogen-bond donors (Lipinski definition) is 0. The van der Waals surface area contributed by atoms with Gasteiger partial charge in [-0.1, -0.05) is 53.4 Å². The van der Waals surface area contributed by atoms with Crippen LogP contribution >= 0.6 is 0 Å². The summed E-state index contributed by atoms with van der Waals surface area (Å²) in [5.41, 5.74) is 0. The first-order valence-electron chi connectivity index (χ1n) is 8.71. The fourth-order valence-electron chi connectivity index (χ4n) is 2.64. The van der Waals surface area contributed by atoms with E-state index in [2.05, 4.69) is 27.7 Å². The molecule has 21 heavy (non-hydrogen) atoms. The second-order valence-electron chi connectivity index (χ2n) is 5.90. The predicted octanol–water partition coefficient (Wildman–Crippen LogP) is 2.67. The first kappa shape index (κ1) is 22.5. The van der Waals surface area contributed by atoms with Crippen molar-refractivity contribution in [2.24, 2.45) is 0 Å². The minimum Gasteiger partial charge on any atom is -0.652 e. The zero-order valence-electron chi connectivity index (χ0n) is 15.7. The van der Waals surface area contributed by atoms with Crippen LogP contribution in [0.3, 0.4) is 0 Å². The molecule has 0 saturated carbocycles. The van der Waals surface area contributed by atoms with Crippen molar-refractivity contribution in [3.63, 3.8) is 0 Å². The molecule has 0 radical (unpaired) electrons. The maximum Gasteiger partial charge on any atom is 1.00 e. The van der Waals surface area contributed by atoms with Gasteiger partial charge in [0, 0.05) is 0 Å². The number of carboxylic acid groups (broad SMARTS) is 2. The van der Waals surface area contributed by atoms with Crippen molar-refractivity contribution in [2.45, 2.75) is 79.1 Å². The average Bonchev–Trinajstić information content (AvgIpc) is 2.45. The topological polar surface area (TPSA) is 63.2 Å². The lowest BCUT2D eigenvalue weighted by atomic mass is 10.1. The molecule has 0 rings (SSSR count). The lowest BCUT2D eigenvalue weighted by Crippen LogP contribution is -2.50. The van der Waals surface area contributed by atoms with Gasteiger partial charge in [0.2, 0.25) is 0 Å². The highest BCUT2D eigenvalue weighted by Crippen LogP contribution is 2.16. The van der Waals surface area contributed by atoms with E-state index in [-0.39, 0.29) is 1.43 Å². The van der Waals surface area contributed by atoms with Crippen molar-refractivity contribution >= 4 is 6.16 Å². The molecule has 0 aliphatic rings. The fourth-order valence-corrected chi connectivity index (χ4v) is 2.64. The van der Waals surface area contributed by atoms with Gasteiger partial charge in [0.25, 0.3) is 0 Å². The molecular weight excluding hydrogens is 266 g/mol. The van der Waals surface area contributed by atoms with Gasteiger partial charge in [0.05, 0.1) is 26.2 Å². The molecule has 0 amide bonds. The first-order valence-corrected chi connectivity index (χ1v) is 8.71. The summed E-state index contributed by atoms with van der Waals surface area (Å²) in [6.45, 7) is 15.0. The van der Waals surface area contributed by atoms with Crippen LogP contribution in [0.4, 0.5) is 4.79 Å². The Labute approximate surface area is 133 Å². The Morgan fingerprint density at radius 3 is 1.05 bits per heavy atom. The van der Waals surface area contributed by atoms with Crippen LogP contribution in [0.1, 0.15) is 80.5 Å². The summed E-state index contributed by atoms with van der Waals surface area (Å²) in [6.07, 6.45) is 8.73. The maximum atomic E-state index is 8.33. The summed E-state index contributed by atoms with van der Waals surface area (Å²) < 4.78 is 1.42. The number of carbonyl (C=O) groups is 1. The van der Waals surface area contributed by atoms with Crippen LogP contribution in [0.5, 0.6) is 0 Å². The van der Waals surface area contributed by atoms with Gasteiger partial charge < -0.3 is 19.5 Å². The van der Waals surface area contributed by atoms with E-state index in [0.717, 1.165) is 0 Å². The van der Waals surface area contributed by atoms with Crippen molar-refractivity contribution in [3.8, 4) is 0 Å². The average molecular weight is 303 g/mol. The summed E-state index contributed by atoms with van der Waals surface area (Å²) in [6, 6.07) is 0. The second kappa shape index (κ2) is 15.6. The van der Waals surface area contributed by atoms with Crippen LogP contribution < -0.4 is 10.2 Å². The van der Waals surface area contributed by atoms with E-state index in [1.54, 1.807) is 0 Å². The monoisotopic (exact) mass is 303 g/mol. The summed E-state index contributed by atoms with van der Waals surface area (Å²) in [5, 5.41) is 16.7. The molecular formula is C17H37NO3. The van der Waals surface area contributed by atoms with Crippen LogP contribution in [0, 0.1) is 0 Å². The smallest absolute Gasteiger partial charge is 0.652 e. The molecule has 0 aromatic rings. The lowest BCUT2D eigenvalue weighted by molar-refractivity contribution is -0.929. The van der Waals surface area contributed by atoms with Crippen molar-refractivity contribution in [1.82, 2.24) is 0 Å². The third-order valence-electron chi connectivity index (χ3n) is 3.94. The number of carbonyl (C=O) groups excluding carboxylic acids is 1. The van der Waals surface area contributed by atoms with Crippen molar-refractivity contribution < 1.29 is 20.9 Å². The maximum absolute atomic E-state index is 8.33. The normalized spacial score (nSPS) is 10.9. The van der Waals surface area contributed by atoms with E-state index in [0.29, 0.717) is 0 Å². The Morgan fingerprint density at radius 2 is 0.905 bits per heavy atom. The first-order chi connectivity index (χ1) is 9.97. The highest BCUT2D eigenvalue weighted by molar-refractivity contribution is 5.47. The Morgan fingerprint density at radius 1 is 0.714 bits per heavy atom. The number of quaternary nitrogens is 1.